The number of nitrogens with zero attached hydrogens (tertiary/aromatic N) is 4. The second-order valence-electron chi connectivity index (χ2n) is 6.94. The fourth-order valence-corrected chi connectivity index (χ4v) is 3.88. The monoisotopic (exact) mass is 409 g/mol. The minimum absolute atomic E-state index is 0.0114. The first kappa shape index (κ1) is 21.0. The molecule has 0 spiro atoms. The largest absolute Gasteiger partial charge is 0.353 e. The lowest BCUT2D eigenvalue weighted by Gasteiger charge is -2.13. The summed E-state index contributed by atoms with van der Waals surface area (Å²) in [7, 11) is 0. The molecule has 0 aliphatic rings. The van der Waals surface area contributed by atoms with Gasteiger partial charge >= 0.3 is 0 Å². The maximum absolute atomic E-state index is 12.3. The molecule has 0 saturated carbocycles. The molecule has 0 aliphatic carbocycles. The van der Waals surface area contributed by atoms with E-state index in [0.29, 0.717) is 10.9 Å². The average Bonchev–Trinajstić information content (AvgIpc) is 3.17. The van der Waals surface area contributed by atoms with E-state index in [9.17, 15) is 4.79 Å². The van der Waals surface area contributed by atoms with Crippen LogP contribution >= 0.6 is 11.8 Å². The van der Waals surface area contributed by atoms with Crippen LogP contribution in [0, 0.1) is 0 Å². The molecule has 2 aromatic heterocycles. The minimum Gasteiger partial charge on any atom is -0.353 e. The van der Waals surface area contributed by atoms with Gasteiger partial charge in [0.25, 0.3) is 0 Å². The van der Waals surface area contributed by atoms with Gasteiger partial charge in [-0.05, 0) is 49.6 Å². The number of amides is 1. The van der Waals surface area contributed by atoms with Crippen molar-refractivity contribution in [3.8, 4) is 17.1 Å². The van der Waals surface area contributed by atoms with Crippen molar-refractivity contribution >= 4 is 17.7 Å². The van der Waals surface area contributed by atoms with Gasteiger partial charge in [-0.1, -0.05) is 44.2 Å². The molecule has 0 fully saturated rings. The smallest absolute Gasteiger partial charge is 0.230 e. The van der Waals surface area contributed by atoms with Gasteiger partial charge in [0, 0.05) is 29.7 Å². The number of benzene rings is 1. The van der Waals surface area contributed by atoms with E-state index < -0.39 is 0 Å². The zero-order chi connectivity index (χ0) is 20.6. The number of rotatable bonds is 9. The summed E-state index contributed by atoms with van der Waals surface area (Å²) in [6.07, 6.45) is 6.49. The number of carbonyl (C=O) groups is 1. The summed E-state index contributed by atoms with van der Waals surface area (Å²) in [6, 6.07) is 12.4. The van der Waals surface area contributed by atoms with E-state index in [1.165, 1.54) is 17.3 Å². The standard InChI is InChI=1S/C22H27N5OS/c1-4-6-16(3)24-20(28)15-29-22-26-25-21(18-11-13-23-14-12-18)27(22)19-9-7-17(5-2)8-10-19/h7-14,16H,4-6,15H2,1-3H3,(H,24,28)/t16-/m0/s1. The zero-order valence-corrected chi connectivity index (χ0v) is 17.9. The van der Waals surface area contributed by atoms with Gasteiger partial charge in [0.05, 0.1) is 5.75 Å². The van der Waals surface area contributed by atoms with Crippen molar-refractivity contribution in [1.82, 2.24) is 25.1 Å². The van der Waals surface area contributed by atoms with Crippen molar-refractivity contribution in [2.45, 2.75) is 51.2 Å². The molecule has 1 atom stereocenters. The molecular weight excluding hydrogens is 382 g/mol. The number of aromatic nitrogens is 4. The Balaban J connectivity index is 1.87. The Hall–Kier alpha value is -2.67. The van der Waals surface area contributed by atoms with Crippen LogP contribution in [0.1, 0.15) is 39.2 Å². The molecule has 0 bridgehead atoms. The van der Waals surface area contributed by atoms with E-state index >= 15 is 0 Å². The third kappa shape index (κ3) is 5.44. The van der Waals surface area contributed by atoms with Crippen LogP contribution in [0.5, 0.6) is 0 Å². The first-order valence-electron chi connectivity index (χ1n) is 9.99. The average molecular weight is 410 g/mol. The van der Waals surface area contributed by atoms with E-state index in [-0.39, 0.29) is 11.9 Å². The molecule has 0 saturated heterocycles. The van der Waals surface area contributed by atoms with Gasteiger partial charge in [-0.15, -0.1) is 10.2 Å². The lowest BCUT2D eigenvalue weighted by molar-refractivity contribution is -0.119. The van der Waals surface area contributed by atoms with E-state index in [1.807, 2.05) is 23.6 Å². The Labute approximate surface area is 176 Å². The molecule has 3 rings (SSSR count). The van der Waals surface area contributed by atoms with Gasteiger partial charge in [-0.2, -0.15) is 0 Å². The number of aryl methyl sites for hydroxylation is 1. The summed E-state index contributed by atoms with van der Waals surface area (Å²) in [4.78, 5) is 16.4. The van der Waals surface area contributed by atoms with Crippen LogP contribution < -0.4 is 5.32 Å². The molecular formula is C22H27N5OS. The quantitative estimate of drug-likeness (QED) is 0.534. The van der Waals surface area contributed by atoms with Crippen LogP contribution in [0.2, 0.25) is 0 Å². The Morgan fingerprint density at radius 1 is 1.10 bits per heavy atom. The van der Waals surface area contributed by atoms with E-state index in [4.69, 9.17) is 0 Å². The molecule has 29 heavy (non-hydrogen) atoms. The number of pyridine rings is 1. The molecule has 1 N–H and O–H groups in total. The molecule has 6 nitrogen and oxygen atoms in total. The third-order valence-corrected chi connectivity index (χ3v) is 5.57. The van der Waals surface area contributed by atoms with Crippen LogP contribution in [0.25, 0.3) is 17.1 Å². The fraction of sp³-hybridized carbons (Fsp3) is 0.364. The van der Waals surface area contributed by atoms with Crippen molar-refractivity contribution in [3.05, 3.63) is 54.4 Å². The molecule has 2 heterocycles. The highest BCUT2D eigenvalue weighted by Gasteiger charge is 2.17. The predicted molar refractivity (Wildman–Crippen MR) is 117 cm³/mol. The fourth-order valence-electron chi connectivity index (χ4n) is 3.12. The number of hydrogen-bond donors (Lipinski definition) is 1. The highest BCUT2D eigenvalue weighted by Crippen LogP contribution is 2.28. The summed E-state index contributed by atoms with van der Waals surface area (Å²) in [5.41, 5.74) is 3.17. The molecule has 152 valence electrons. The van der Waals surface area contributed by atoms with Gasteiger partial charge in [0.1, 0.15) is 0 Å². The first-order valence-corrected chi connectivity index (χ1v) is 11.0. The topological polar surface area (TPSA) is 72.7 Å². The van der Waals surface area contributed by atoms with Crippen molar-refractivity contribution in [2.24, 2.45) is 0 Å². The van der Waals surface area contributed by atoms with E-state index in [1.54, 1.807) is 12.4 Å². The maximum atomic E-state index is 12.3. The number of nitrogens with one attached hydrogen (secondary N) is 1. The Bertz CT molecular complexity index is 924. The lowest BCUT2D eigenvalue weighted by atomic mass is 10.1. The molecule has 1 amide bonds. The van der Waals surface area contributed by atoms with Crippen LogP contribution in [0.15, 0.2) is 53.9 Å². The Kier molecular flexibility index (Phi) is 7.41. The molecule has 0 aliphatic heterocycles. The molecule has 1 aromatic carbocycles. The van der Waals surface area contributed by atoms with Crippen molar-refractivity contribution in [3.63, 3.8) is 0 Å². The Morgan fingerprint density at radius 3 is 2.48 bits per heavy atom. The second kappa shape index (κ2) is 10.2. The number of carbonyl (C=O) groups excluding carboxylic acids is 1. The number of thioether (sulfide) groups is 1. The maximum Gasteiger partial charge on any atom is 0.230 e. The van der Waals surface area contributed by atoms with Gasteiger partial charge < -0.3 is 5.32 Å². The van der Waals surface area contributed by atoms with Crippen LogP contribution in [0.4, 0.5) is 0 Å². The van der Waals surface area contributed by atoms with Gasteiger partial charge in [0.2, 0.25) is 5.91 Å². The third-order valence-electron chi connectivity index (χ3n) is 4.64. The summed E-state index contributed by atoms with van der Waals surface area (Å²) in [5, 5.41) is 12.5. The van der Waals surface area contributed by atoms with Crippen molar-refractivity contribution < 1.29 is 4.79 Å². The summed E-state index contributed by atoms with van der Waals surface area (Å²) >= 11 is 1.40. The predicted octanol–water partition coefficient (Wildman–Crippen LogP) is 4.29. The van der Waals surface area contributed by atoms with Crippen LogP contribution in [0.3, 0.4) is 0 Å². The molecule has 7 heteroatoms. The van der Waals surface area contributed by atoms with Crippen molar-refractivity contribution in [2.75, 3.05) is 5.75 Å². The van der Waals surface area contributed by atoms with Gasteiger partial charge in [0.15, 0.2) is 11.0 Å². The summed E-state index contributed by atoms with van der Waals surface area (Å²) in [6.45, 7) is 6.28. The summed E-state index contributed by atoms with van der Waals surface area (Å²) in [5.74, 6) is 1.05. The zero-order valence-electron chi connectivity index (χ0n) is 17.1. The normalized spacial score (nSPS) is 12.0. The van der Waals surface area contributed by atoms with Gasteiger partial charge in [-0.25, -0.2) is 0 Å². The first-order chi connectivity index (χ1) is 14.1. The van der Waals surface area contributed by atoms with Crippen molar-refractivity contribution in [1.29, 1.82) is 0 Å². The SMILES string of the molecule is CCC[C@H](C)NC(=O)CSc1nnc(-c2ccncc2)n1-c1ccc(CC)cc1. The Morgan fingerprint density at radius 2 is 1.83 bits per heavy atom. The van der Waals surface area contributed by atoms with Crippen LogP contribution in [-0.4, -0.2) is 37.5 Å². The summed E-state index contributed by atoms with van der Waals surface area (Å²) < 4.78 is 2.00. The van der Waals surface area contributed by atoms with E-state index in [2.05, 4.69) is 58.6 Å². The molecule has 0 radical (unpaired) electrons. The van der Waals surface area contributed by atoms with Gasteiger partial charge in [-0.3, -0.25) is 14.3 Å². The molecule has 3 aromatic rings. The minimum atomic E-state index is 0.0114. The molecule has 0 unspecified atom stereocenters. The highest BCUT2D eigenvalue weighted by atomic mass is 32.2. The van der Waals surface area contributed by atoms with E-state index in [0.717, 1.165) is 36.3 Å². The number of hydrogen-bond acceptors (Lipinski definition) is 5. The second-order valence-corrected chi connectivity index (χ2v) is 7.89. The lowest BCUT2D eigenvalue weighted by Crippen LogP contribution is -2.33. The highest BCUT2D eigenvalue weighted by molar-refractivity contribution is 7.99. The van der Waals surface area contributed by atoms with Crippen LogP contribution in [-0.2, 0) is 11.2 Å².